The molecule has 0 aliphatic carbocycles. The second-order valence-electron chi connectivity index (χ2n) is 6.51. The first kappa shape index (κ1) is 20.6. The van der Waals surface area contributed by atoms with Crippen molar-refractivity contribution in [3.63, 3.8) is 0 Å². The lowest BCUT2D eigenvalue weighted by molar-refractivity contribution is 0.313. The molecule has 0 radical (unpaired) electrons. The van der Waals surface area contributed by atoms with Crippen LogP contribution in [0.15, 0.2) is 35.4 Å². The number of aryl methyl sites for hydroxylation is 2. The van der Waals surface area contributed by atoms with Crippen LogP contribution in [-0.4, -0.2) is 26.5 Å². The fourth-order valence-electron chi connectivity index (χ4n) is 2.90. The lowest BCUT2D eigenvalue weighted by atomic mass is 10.0. The monoisotopic (exact) mass is 370 g/mol. The fraction of sp³-hybridized carbons (Fsp3) is 0.409. The van der Waals surface area contributed by atoms with Crippen molar-refractivity contribution in [2.75, 3.05) is 20.8 Å². The molecule has 0 aromatic heterocycles. The molecule has 2 aromatic rings. The van der Waals surface area contributed by atoms with E-state index in [-0.39, 0.29) is 0 Å². The molecule has 146 valence electrons. The molecular weight excluding hydrogens is 340 g/mol. The highest BCUT2D eigenvalue weighted by atomic mass is 16.5. The van der Waals surface area contributed by atoms with Crippen LogP contribution < -0.4 is 19.6 Å². The summed E-state index contributed by atoms with van der Waals surface area (Å²) in [5.74, 6) is 2.41. The topological polar surface area (TPSA) is 52.1 Å². The highest BCUT2D eigenvalue weighted by Gasteiger charge is 2.08. The molecule has 2 aromatic carbocycles. The van der Waals surface area contributed by atoms with Crippen molar-refractivity contribution in [3.8, 4) is 17.2 Å². The minimum Gasteiger partial charge on any atom is -0.493 e. The first-order valence-corrected chi connectivity index (χ1v) is 9.22. The zero-order valence-corrected chi connectivity index (χ0v) is 17.2. The third kappa shape index (κ3) is 5.39. The number of methoxy groups -OCH3 is 2. The molecule has 0 amide bonds. The fourth-order valence-corrected chi connectivity index (χ4v) is 2.90. The molecule has 1 N–H and O–H groups in total. The number of hydrazone groups is 1. The van der Waals surface area contributed by atoms with Crippen LogP contribution in [0.1, 0.15) is 42.5 Å². The van der Waals surface area contributed by atoms with Crippen molar-refractivity contribution in [1.29, 1.82) is 0 Å². The predicted molar refractivity (Wildman–Crippen MR) is 110 cm³/mol. The Morgan fingerprint density at radius 1 is 1.00 bits per heavy atom. The zero-order valence-electron chi connectivity index (χ0n) is 17.2. The maximum absolute atomic E-state index is 5.85. The van der Waals surface area contributed by atoms with Gasteiger partial charge in [-0.3, -0.25) is 0 Å². The summed E-state index contributed by atoms with van der Waals surface area (Å²) in [4.78, 5) is 0. The maximum atomic E-state index is 5.85. The van der Waals surface area contributed by atoms with Gasteiger partial charge in [0.2, 0.25) is 0 Å². The van der Waals surface area contributed by atoms with E-state index in [0.717, 1.165) is 52.5 Å². The Hall–Kier alpha value is -2.69. The molecule has 5 heteroatoms. The van der Waals surface area contributed by atoms with Gasteiger partial charge in [-0.05, 0) is 73.7 Å². The van der Waals surface area contributed by atoms with Crippen LogP contribution in [0, 0.1) is 13.8 Å². The SMILES string of the molecule is CCCOc1c(C)cc(/C(C)=N/NCc2ccc(OC)c(OC)c2)cc1C. The van der Waals surface area contributed by atoms with E-state index < -0.39 is 0 Å². The Kier molecular flexibility index (Phi) is 7.53. The molecule has 0 aliphatic heterocycles. The number of benzene rings is 2. The zero-order chi connectivity index (χ0) is 19.8. The van der Waals surface area contributed by atoms with Gasteiger partial charge in [0.25, 0.3) is 0 Å². The van der Waals surface area contributed by atoms with Crippen LogP contribution in [0.5, 0.6) is 17.2 Å². The number of hydrogen-bond donors (Lipinski definition) is 1. The van der Waals surface area contributed by atoms with Crippen LogP contribution in [0.25, 0.3) is 0 Å². The van der Waals surface area contributed by atoms with E-state index in [4.69, 9.17) is 14.2 Å². The van der Waals surface area contributed by atoms with Gasteiger partial charge in [-0.25, -0.2) is 0 Å². The lowest BCUT2D eigenvalue weighted by Gasteiger charge is -2.14. The van der Waals surface area contributed by atoms with E-state index >= 15 is 0 Å². The summed E-state index contributed by atoms with van der Waals surface area (Å²) in [6.45, 7) is 9.61. The van der Waals surface area contributed by atoms with Gasteiger partial charge in [0.05, 0.1) is 33.1 Å². The van der Waals surface area contributed by atoms with Gasteiger partial charge < -0.3 is 19.6 Å². The first-order valence-electron chi connectivity index (χ1n) is 9.22. The van der Waals surface area contributed by atoms with Crippen molar-refractivity contribution in [2.24, 2.45) is 5.10 Å². The van der Waals surface area contributed by atoms with Gasteiger partial charge in [0.1, 0.15) is 5.75 Å². The van der Waals surface area contributed by atoms with E-state index in [0.29, 0.717) is 12.3 Å². The van der Waals surface area contributed by atoms with Crippen molar-refractivity contribution >= 4 is 5.71 Å². The standard InChI is InChI=1S/C22H30N2O3/c1-7-10-27-22-15(2)11-19(12-16(22)3)17(4)24-23-14-18-8-9-20(25-5)21(13-18)26-6/h8-9,11-13,23H,7,10,14H2,1-6H3/b24-17+. The Labute approximate surface area is 162 Å². The summed E-state index contributed by atoms with van der Waals surface area (Å²) in [5, 5.41) is 4.52. The van der Waals surface area contributed by atoms with Gasteiger partial charge in [0, 0.05) is 0 Å². The van der Waals surface area contributed by atoms with Crippen LogP contribution in [-0.2, 0) is 6.54 Å². The summed E-state index contributed by atoms with van der Waals surface area (Å²) in [7, 11) is 3.27. The van der Waals surface area contributed by atoms with Crippen LogP contribution in [0.4, 0.5) is 0 Å². The summed E-state index contributed by atoms with van der Waals surface area (Å²) in [5.41, 5.74) is 8.50. The number of hydrogen-bond acceptors (Lipinski definition) is 5. The van der Waals surface area contributed by atoms with Crippen LogP contribution >= 0.6 is 0 Å². The van der Waals surface area contributed by atoms with Crippen molar-refractivity contribution in [3.05, 3.63) is 52.6 Å². The van der Waals surface area contributed by atoms with E-state index in [1.54, 1.807) is 14.2 Å². The second-order valence-corrected chi connectivity index (χ2v) is 6.51. The van der Waals surface area contributed by atoms with E-state index in [2.05, 4.69) is 43.4 Å². The molecule has 0 aliphatic rings. The molecule has 0 atom stereocenters. The van der Waals surface area contributed by atoms with Gasteiger partial charge >= 0.3 is 0 Å². The van der Waals surface area contributed by atoms with Crippen LogP contribution in [0.2, 0.25) is 0 Å². The molecule has 0 spiro atoms. The molecule has 0 unspecified atom stereocenters. The quantitative estimate of drug-likeness (QED) is 0.517. The summed E-state index contributed by atoms with van der Waals surface area (Å²) in [6.07, 6.45) is 1.00. The molecule has 27 heavy (non-hydrogen) atoms. The minimum atomic E-state index is 0.605. The Morgan fingerprint density at radius 2 is 1.67 bits per heavy atom. The van der Waals surface area contributed by atoms with Gasteiger partial charge in [-0.2, -0.15) is 5.10 Å². The summed E-state index contributed by atoms with van der Waals surface area (Å²) >= 11 is 0. The Morgan fingerprint density at radius 3 is 2.26 bits per heavy atom. The average Bonchev–Trinajstić information content (AvgIpc) is 2.67. The maximum Gasteiger partial charge on any atom is 0.161 e. The van der Waals surface area contributed by atoms with Crippen molar-refractivity contribution in [2.45, 2.75) is 40.7 Å². The Bertz CT molecular complexity index is 777. The summed E-state index contributed by atoms with van der Waals surface area (Å²) in [6, 6.07) is 10.1. The molecule has 5 nitrogen and oxygen atoms in total. The van der Waals surface area contributed by atoms with Gasteiger partial charge in [0.15, 0.2) is 11.5 Å². The van der Waals surface area contributed by atoms with E-state index in [1.165, 1.54) is 0 Å². The highest BCUT2D eigenvalue weighted by Crippen LogP contribution is 2.27. The number of nitrogens with zero attached hydrogens (tertiary/aromatic N) is 1. The third-order valence-electron chi connectivity index (χ3n) is 4.31. The normalized spacial score (nSPS) is 11.3. The second kappa shape index (κ2) is 9.86. The molecular formula is C22H30N2O3. The molecule has 0 heterocycles. The molecule has 0 saturated heterocycles. The van der Waals surface area contributed by atoms with Crippen molar-refractivity contribution in [1.82, 2.24) is 5.43 Å². The van der Waals surface area contributed by atoms with E-state index in [1.807, 2.05) is 25.1 Å². The molecule has 0 bridgehead atoms. The summed E-state index contributed by atoms with van der Waals surface area (Å²) < 4.78 is 16.5. The molecule has 2 rings (SSSR count). The predicted octanol–water partition coefficient (Wildman–Crippen LogP) is 4.62. The van der Waals surface area contributed by atoms with E-state index in [9.17, 15) is 0 Å². The number of rotatable bonds is 9. The number of ether oxygens (including phenoxy) is 3. The van der Waals surface area contributed by atoms with Gasteiger partial charge in [-0.1, -0.05) is 13.0 Å². The molecule has 0 saturated carbocycles. The third-order valence-corrected chi connectivity index (χ3v) is 4.31. The van der Waals surface area contributed by atoms with Gasteiger partial charge in [-0.15, -0.1) is 0 Å². The minimum absolute atomic E-state index is 0.605. The number of nitrogens with one attached hydrogen (secondary N) is 1. The largest absolute Gasteiger partial charge is 0.493 e. The Balaban J connectivity index is 2.07. The average molecular weight is 370 g/mol. The van der Waals surface area contributed by atoms with Crippen LogP contribution in [0.3, 0.4) is 0 Å². The smallest absolute Gasteiger partial charge is 0.161 e. The highest BCUT2D eigenvalue weighted by molar-refractivity contribution is 5.99. The molecule has 0 fully saturated rings. The lowest BCUT2D eigenvalue weighted by Crippen LogP contribution is -2.10. The van der Waals surface area contributed by atoms with Crippen molar-refractivity contribution < 1.29 is 14.2 Å². The first-order chi connectivity index (χ1) is 13.0.